The molecule has 0 N–H and O–H groups in total. The summed E-state index contributed by atoms with van der Waals surface area (Å²) in [7, 11) is 4.56. The molecule has 4 nitrogen and oxygen atoms in total. The van der Waals surface area contributed by atoms with Gasteiger partial charge in [-0.1, -0.05) is 19.1 Å². The van der Waals surface area contributed by atoms with Gasteiger partial charge in [0.2, 0.25) is 5.75 Å². The van der Waals surface area contributed by atoms with Crippen LogP contribution in [0.3, 0.4) is 0 Å². The van der Waals surface area contributed by atoms with Crippen molar-refractivity contribution in [2.45, 2.75) is 19.2 Å². The van der Waals surface area contributed by atoms with E-state index in [4.69, 9.17) is 14.2 Å². The minimum atomic E-state index is -4.70. The van der Waals surface area contributed by atoms with Gasteiger partial charge in [0.15, 0.2) is 11.5 Å². The maximum absolute atomic E-state index is 12.2. The van der Waals surface area contributed by atoms with Gasteiger partial charge in [0.1, 0.15) is 5.75 Å². The Hall–Kier alpha value is -2.57. The number of hydrogen-bond acceptors (Lipinski definition) is 4. The van der Waals surface area contributed by atoms with E-state index < -0.39 is 6.36 Å². The molecule has 0 fully saturated rings. The van der Waals surface area contributed by atoms with Gasteiger partial charge in [0.05, 0.1) is 21.3 Å². The first kappa shape index (κ1) is 18.8. The van der Waals surface area contributed by atoms with Crippen molar-refractivity contribution in [1.82, 2.24) is 0 Å². The number of methoxy groups -OCH3 is 3. The molecule has 0 aliphatic rings. The summed E-state index contributed by atoms with van der Waals surface area (Å²) in [5, 5.41) is 0. The number of benzene rings is 2. The Morgan fingerprint density at radius 2 is 1.32 bits per heavy atom. The highest BCUT2D eigenvalue weighted by atomic mass is 19.4. The number of halogens is 3. The van der Waals surface area contributed by atoms with Gasteiger partial charge in [-0.05, 0) is 35.4 Å². The van der Waals surface area contributed by atoms with Gasteiger partial charge in [-0.2, -0.15) is 0 Å². The lowest BCUT2D eigenvalue weighted by atomic mass is 9.92. The molecule has 0 aliphatic heterocycles. The van der Waals surface area contributed by atoms with Crippen LogP contribution in [0.5, 0.6) is 23.0 Å². The van der Waals surface area contributed by atoms with E-state index in [2.05, 4.69) is 4.74 Å². The zero-order valence-corrected chi connectivity index (χ0v) is 14.3. The molecule has 25 heavy (non-hydrogen) atoms. The van der Waals surface area contributed by atoms with E-state index in [-0.39, 0.29) is 11.7 Å². The molecule has 2 rings (SSSR count). The van der Waals surface area contributed by atoms with Crippen molar-refractivity contribution in [2.24, 2.45) is 0 Å². The van der Waals surface area contributed by atoms with Crippen molar-refractivity contribution in [3.63, 3.8) is 0 Å². The molecule has 0 aliphatic carbocycles. The van der Waals surface area contributed by atoms with Crippen molar-refractivity contribution in [2.75, 3.05) is 21.3 Å². The third-order valence-electron chi connectivity index (χ3n) is 3.80. The normalized spacial score (nSPS) is 12.4. The second-order valence-corrected chi connectivity index (χ2v) is 5.30. The maximum atomic E-state index is 12.2. The minimum Gasteiger partial charge on any atom is -0.493 e. The Morgan fingerprint density at radius 3 is 1.72 bits per heavy atom. The van der Waals surface area contributed by atoms with Crippen LogP contribution in [0.4, 0.5) is 13.2 Å². The molecule has 7 heteroatoms. The molecule has 0 heterocycles. The maximum Gasteiger partial charge on any atom is 0.573 e. The molecule has 0 saturated heterocycles. The Bertz CT molecular complexity index is 686. The van der Waals surface area contributed by atoms with Gasteiger partial charge >= 0.3 is 6.36 Å². The van der Waals surface area contributed by atoms with Gasteiger partial charge in [0, 0.05) is 5.92 Å². The average molecular weight is 356 g/mol. The topological polar surface area (TPSA) is 36.9 Å². The molecule has 136 valence electrons. The Morgan fingerprint density at radius 1 is 0.800 bits per heavy atom. The molecule has 1 unspecified atom stereocenters. The highest BCUT2D eigenvalue weighted by Gasteiger charge is 2.31. The number of rotatable bonds is 6. The van der Waals surface area contributed by atoms with E-state index in [1.54, 1.807) is 12.1 Å². The van der Waals surface area contributed by atoms with Crippen LogP contribution in [0.2, 0.25) is 0 Å². The Kier molecular flexibility index (Phi) is 5.66. The lowest BCUT2D eigenvalue weighted by Gasteiger charge is -2.18. The molecular weight excluding hydrogens is 337 g/mol. The average Bonchev–Trinajstić information content (AvgIpc) is 2.59. The first-order valence-corrected chi connectivity index (χ1v) is 7.44. The smallest absolute Gasteiger partial charge is 0.493 e. The molecule has 1 atom stereocenters. The lowest BCUT2D eigenvalue weighted by Crippen LogP contribution is -2.17. The molecule has 2 aromatic rings. The van der Waals surface area contributed by atoms with E-state index in [0.29, 0.717) is 17.2 Å². The first-order chi connectivity index (χ1) is 11.8. The van der Waals surface area contributed by atoms with Crippen LogP contribution in [0.25, 0.3) is 0 Å². The van der Waals surface area contributed by atoms with Gasteiger partial charge in [0.25, 0.3) is 0 Å². The van der Waals surface area contributed by atoms with Crippen LogP contribution in [0.1, 0.15) is 24.0 Å². The van der Waals surface area contributed by atoms with Gasteiger partial charge in [-0.3, -0.25) is 0 Å². The fraction of sp³-hybridized carbons (Fsp3) is 0.333. The van der Waals surface area contributed by atoms with E-state index in [9.17, 15) is 13.2 Å². The van der Waals surface area contributed by atoms with Crippen LogP contribution in [-0.4, -0.2) is 27.7 Å². The van der Waals surface area contributed by atoms with Crippen LogP contribution < -0.4 is 18.9 Å². The van der Waals surface area contributed by atoms with Crippen LogP contribution >= 0.6 is 0 Å². The SMILES string of the molecule is COc1cc(C(C)c2ccc(OC(F)(F)F)cc2)cc(OC)c1OC. The standard InChI is InChI=1S/C18H19F3O4/c1-11(12-5-7-14(8-6-12)25-18(19,20)21)13-9-15(22-2)17(24-4)16(10-13)23-3/h5-11H,1-4H3. The Labute approximate surface area is 144 Å². The zero-order chi connectivity index (χ0) is 18.6. The fourth-order valence-electron chi connectivity index (χ4n) is 2.50. The summed E-state index contributed by atoms with van der Waals surface area (Å²) in [5.41, 5.74) is 1.70. The van der Waals surface area contributed by atoms with Crippen LogP contribution in [0, 0.1) is 0 Å². The monoisotopic (exact) mass is 356 g/mol. The molecule has 0 saturated carbocycles. The largest absolute Gasteiger partial charge is 0.573 e. The predicted molar refractivity (Wildman–Crippen MR) is 86.7 cm³/mol. The van der Waals surface area contributed by atoms with Crippen molar-refractivity contribution in [3.05, 3.63) is 47.5 Å². The molecule has 0 amide bonds. The van der Waals surface area contributed by atoms with E-state index in [1.807, 2.05) is 19.1 Å². The molecule has 2 aromatic carbocycles. The van der Waals surface area contributed by atoms with Crippen molar-refractivity contribution >= 4 is 0 Å². The highest BCUT2D eigenvalue weighted by molar-refractivity contribution is 5.55. The molecular formula is C18H19F3O4. The summed E-state index contributed by atoms with van der Waals surface area (Å²) in [4.78, 5) is 0. The molecule has 0 aromatic heterocycles. The first-order valence-electron chi connectivity index (χ1n) is 7.44. The Balaban J connectivity index is 2.32. The summed E-state index contributed by atoms with van der Waals surface area (Å²) in [6.45, 7) is 1.93. The number of ether oxygens (including phenoxy) is 4. The fourth-order valence-corrected chi connectivity index (χ4v) is 2.50. The summed E-state index contributed by atoms with van der Waals surface area (Å²) in [6.07, 6.45) is -4.70. The molecule has 0 spiro atoms. The lowest BCUT2D eigenvalue weighted by molar-refractivity contribution is -0.274. The molecule has 0 bridgehead atoms. The second-order valence-electron chi connectivity index (χ2n) is 5.30. The van der Waals surface area contributed by atoms with Gasteiger partial charge < -0.3 is 18.9 Å². The van der Waals surface area contributed by atoms with E-state index in [0.717, 1.165) is 11.1 Å². The van der Waals surface area contributed by atoms with Crippen LogP contribution in [-0.2, 0) is 0 Å². The summed E-state index contributed by atoms with van der Waals surface area (Å²) >= 11 is 0. The number of alkyl halides is 3. The van der Waals surface area contributed by atoms with Crippen molar-refractivity contribution < 1.29 is 32.1 Å². The third-order valence-corrected chi connectivity index (χ3v) is 3.80. The van der Waals surface area contributed by atoms with Gasteiger partial charge in [-0.25, -0.2) is 0 Å². The zero-order valence-electron chi connectivity index (χ0n) is 14.3. The summed E-state index contributed by atoms with van der Waals surface area (Å²) < 4.78 is 56.6. The van der Waals surface area contributed by atoms with Gasteiger partial charge in [-0.15, -0.1) is 13.2 Å². The van der Waals surface area contributed by atoms with Crippen molar-refractivity contribution in [1.29, 1.82) is 0 Å². The predicted octanol–water partition coefficient (Wildman–Crippen LogP) is 4.76. The van der Waals surface area contributed by atoms with E-state index >= 15 is 0 Å². The summed E-state index contributed by atoms with van der Waals surface area (Å²) in [6, 6.07) is 9.39. The second kappa shape index (κ2) is 7.55. The highest BCUT2D eigenvalue weighted by Crippen LogP contribution is 2.41. The third kappa shape index (κ3) is 4.49. The molecule has 0 radical (unpaired) electrons. The van der Waals surface area contributed by atoms with E-state index in [1.165, 1.54) is 33.5 Å². The quantitative estimate of drug-likeness (QED) is 0.748. The van der Waals surface area contributed by atoms with Crippen molar-refractivity contribution in [3.8, 4) is 23.0 Å². The van der Waals surface area contributed by atoms with Crippen LogP contribution in [0.15, 0.2) is 36.4 Å². The number of hydrogen-bond donors (Lipinski definition) is 0. The summed E-state index contributed by atoms with van der Waals surface area (Å²) in [5.74, 6) is 1.15. The minimum absolute atomic E-state index is 0.103.